The summed E-state index contributed by atoms with van der Waals surface area (Å²) in [5.41, 5.74) is 0. The lowest BCUT2D eigenvalue weighted by atomic mass is 9.79. The number of rotatable bonds is 10. The van der Waals surface area contributed by atoms with Crippen LogP contribution >= 0.6 is 0 Å². The van der Waals surface area contributed by atoms with Gasteiger partial charge in [0.25, 0.3) is 0 Å². The maximum atomic E-state index is 10.7. The average Bonchev–Trinajstić information content (AvgIpc) is 2.49. The molecule has 0 radical (unpaired) electrons. The summed E-state index contributed by atoms with van der Waals surface area (Å²) >= 11 is 0. The van der Waals surface area contributed by atoms with E-state index in [1.165, 1.54) is 0 Å². The zero-order chi connectivity index (χ0) is 19.1. The summed E-state index contributed by atoms with van der Waals surface area (Å²) in [4.78, 5) is 21.4. The van der Waals surface area contributed by atoms with E-state index in [0.29, 0.717) is 0 Å². The van der Waals surface area contributed by atoms with Crippen molar-refractivity contribution in [3.8, 4) is 0 Å². The van der Waals surface area contributed by atoms with E-state index < -0.39 is 61.5 Å². The van der Waals surface area contributed by atoms with Gasteiger partial charge in [-0.3, -0.25) is 20.2 Å². The van der Waals surface area contributed by atoms with Crippen LogP contribution in [0, 0.1) is 0 Å². The van der Waals surface area contributed by atoms with Crippen molar-refractivity contribution in [2.24, 2.45) is 0 Å². The Bertz CT molecular complexity index is 457. The molecule has 0 aromatic rings. The summed E-state index contributed by atoms with van der Waals surface area (Å²) in [7, 11) is 0. The molecular weight excluding hydrogens is 338 g/mol. The molecule has 0 heterocycles. The third-order valence-corrected chi connectivity index (χ3v) is 3.98. The smallest absolute Gasteiger partial charge is 0.317 e. The first kappa shape index (κ1) is 21.3. The third-order valence-electron chi connectivity index (χ3n) is 3.98. The molecule has 1 aliphatic rings. The van der Waals surface area contributed by atoms with Crippen LogP contribution in [-0.2, 0) is 9.59 Å². The van der Waals surface area contributed by atoms with Gasteiger partial charge < -0.3 is 36.0 Å². The highest BCUT2D eigenvalue weighted by molar-refractivity contribution is 5.69. The molecule has 0 amide bonds. The molecule has 1 saturated carbocycles. The molecule has 0 aromatic heterocycles. The Hall–Kier alpha value is -1.76. The Morgan fingerprint density at radius 3 is 1.44 bits per heavy atom. The Morgan fingerprint density at radius 2 is 1.12 bits per heavy atom. The molecule has 0 aliphatic heterocycles. The second-order valence-corrected chi connectivity index (χ2v) is 5.87. The number of carboxylic acids is 2. The maximum Gasteiger partial charge on any atom is 0.317 e. The van der Waals surface area contributed by atoms with Gasteiger partial charge in [0.1, 0.15) is 0 Å². The first-order chi connectivity index (χ1) is 11.6. The normalized spacial score (nSPS) is 32.3. The van der Waals surface area contributed by atoms with E-state index in [9.17, 15) is 24.9 Å². The molecule has 0 bridgehead atoms. The Labute approximate surface area is 144 Å². The quantitative estimate of drug-likeness (QED) is 0.176. The van der Waals surface area contributed by atoms with Crippen molar-refractivity contribution in [3.05, 3.63) is 12.3 Å². The highest BCUT2D eigenvalue weighted by Gasteiger charge is 2.49. The number of carbonyl (C=O) groups is 2. The minimum Gasteiger partial charge on any atom is -0.513 e. The average molecular weight is 363 g/mol. The third kappa shape index (κ3) is 6.23. The van der Waals surface area contributed by atoms with Gasteiger partial charge in [0, 0.05) is 13.0 Å². The zero-order valence-electron chi connectivity index (χ0n) is 13.5. The van der Waals surface area contributed by atoms with Crippen LogP contribution in [0.25, 0.3) is 0 Å². The summed E-state index contributed by atoms with van der Waals surface area (Å²) in [6, 6.07) is -3.25. The first-order valence-corrected chi connectivity index (χ1v) is 7.69. The summed E-state index contributed by atoms with van der Waals surface area (Å²) in [6.07, 6.45) is -4.01. The van der Waals surface area contributed by atoms with Crippen LogP contribution in [0.5, 0.6) is 0 Å². The van der Waals surface area contributed by atoms with E-state index in [-0.39, 0.29) is 18.7 Å². The van der Waals surface area contributed by atoms with Gasteiger partial charge in [0.05, 0.1) is 55.3 Å². The van der Waals surface area contributed by atoms with Crippen LogP contribution in [0.4, 0.5) is 0 Å². The topological polar surface area (TPSA) is 192 Å². The Kier molecular flexibility index (Phi) is 8.22. The van der Waals surface area contributed by atoms with E-state index in [1.54, 1.807) is 0 Å². The minimum atomic E-state index is -1.44. The Balaban J connectivity index is 2.90. The van der Waals surface area contributed by atoms with E-state index in [1.807, 2.05) is 0 Å². The van der Waals surface area contributed by atoms with Crippen LogP contribution in [0.2, 0.25) is 0 Å². The van der Waals surface area contributed by atoms with Gasteiger partial charge in [-0.1, -0.05) is 6.58 Å². The van der Waals surface area contributed by atoms with Gasteiger partial charge >= 0.3 is 11.9 Å². The molecule has 4 unspecified atom stereocenters. The molecule has 9 N–H and O–H groups in total. The van der Waals surface area contributed by atoms with Crippen LogP contribution in [0.15, 0.2) is 12.3 Å². The fourth-order valence-electron chi connectivity index (χ4n) is 2.79. The van der Waals surface area contributed by atoms with E-state index in [4.69, 9.17) is 15.3 Å². The highest BCUT2D eigenvalue weighted by Crippen LogP contribution is 2.22. The van der Waals surface area contributed by atoms with Crippen molar-refractivity contribution in [1.82, 2.24) is 16.0 Å². The molecule has 11 heteroatoms. The van der Waals surface area contributed by atoms with Crippen molar-refractivity contribution < 1.29 is 40.2 Å². The molecule has 1 fully saturated rings. The van der Waals surface area contributed by atoms with E-state index >= 15 is 0 Å². The standard InChI is InChI=1S/C14H25N3O8/c1-6(18)2-3-15-9-12(23)10(16-4-7(19)20)14(25)11(13(9)24)17-5-8(21)22/h9-18,23-25H,1-5H2,(H,19,20)(H,21,22). The number of aliphatic carboxylic acids is 2. The van der Waals surface area contributed by atoms with Gasteiger partial charge in [-0.25, -0.2) is 0 Å². The van der Waals surface area contributed by atoms with E-state index in [2.05, 4.69) is 22.5 Å². The Morgan fingerprint density at radius 1 is 0.760 bits per heavy atom. The van der Waals surface area contributed by atoms with Crippen LogP contribution in [-0.4, -0.2) is 98.6 Å². The lowest BCUT2D eigenvalue weighted by molar-refractivity contribution is -0.138. The van der Waals surface area contributed by atoms with Crippen molar-refractivity contribution in [2.75, 3.05) is 19.6 Å². The van der Waals surface area contributed by atoms with Gasteiger partial charge in [0.2, 0.25) is 0 Å². The maximum absolute atomic E-state index is 10.7. The second kappa shape index (κ2) is 9.65. The molecule has 0 aromatic carbocycles. The monoisotopic (exact) mass is 363 g/mol. The fourth-order valence-corrected chi connectivity index (χ4v) is 2.79. The van der Waals surface area contributed by atoms with Crippen molar-refractivity contribution in [3.63, 3.8) is 0 Å². The summed E-state index contributed by atoms with van der Waals surface area (Å²) in [6.45, 7) is 2.38. The van der Waals surface area contributed by atoms with Crippen LogP contribution in [0.1, 0.15) is 6.42 Å². The SMILES string of the molecule is C=C(O)CCNC1C(O)C(NCC(=O)O)C(O)C(NCC(=O)O)C1O. The number of aliphatic hydroxyl groups is 4. The van der Waals surface area contributed by atoms with Crippen LogP contribution in [0.3, 0.4) is 0 Å². The predicted octanol–water partition coefficient (Wildman–Crippen LogP) is -3.41. The van der Waals surface area contributed by atoms with Crippen LogP contribution < -0.4 is 16.0 Å². The molecule has 1 rings (SSSR count). The predicted molar refractivity (Wildman–Crippen MR) is 85.0 cm³/mol. The second-order valence-electron chi connectivity index (χ2n) is 5.87. The number of aliphatic hydroxyl groups excluding tert-OH is 4. The fraction of sp³-hybridized carbons (Fsp3) is 0.714. The molecular formula is C14H25N3O8. The molecule has 4 atom stereocenters. The molecule has 0 saturated heterocycles. The highest BCUT2D eigenvalue weighted by atomic mass is 16.4. The van der Waals surface area contributed by atoms with Crippen molar-refractivity contribution >= 4 is 11.9 Å². The molecule has 11 nitrogen and oxygen atoms in total. The number of nitrogens with one attached hydrogen (secondary N) is 3. The van der Waals surface area contributed by atoms with E-state index in [0.717, 1.165) is 0 Å². The van der Waals surface area contributed by atoms with Crippen molar-refractivity contribution in [1.29, 1.82) is 0 Å². The zero-order valence-corrected chi connectivity index (χ0v) is 13.5. The van der Waals surface area contributed by atoms with Gasteiger partial charge in [-0.15, -0.1) is 0 Å². The molecule has 0 spiro atoms. The lowest BCUT2D eigenvalue weighted by Gasteiger charge is -2.46. The van der Waals surface area contributed by atoms with Gasteiger partial charge in [-0.2, -0.15) is 0 Å². The number of hydrogen-bond donors (Lipinski definition) is 9. The van der Waals surface area contributed by atoms with Gasteiger partial charge in [-0.05, 0) is 0 Å². The van der Waals surface area contributed by atoms with Crippen molar-refractivity contribution in [2.45, 2.75) is 42.9 Å². The summed E-state index contributed by atoms with van der Waals surface area (Å²) in [5, 5.41) is 65.4. The molecule has 1 aliphatic carbocycles. The number of carboxylic acid groups (broad SMARTS) is 2. The minimum absolute atomic E-state index is 0.103. The molecule has 144 valence electrons. The largest absolute Gasteiger partial charge is 0.513 e. The first-order valence-electron chi connectivity index (χ1n) is 7.69. The summed E-state index contributed by atoms with van der Waals surface area (Å²) in [5.74, 6) is -2.52. The lowest BCUT2D eigenvalue weighted by Crippen LogP contribution is -2.74. The van der Waals surface area contributed by atoms with Gasteiger partial charge in [0.15, 0.2) is 0 Å². The molecule has 25 heavy (non-hydrogen) atoms. The number of hydrogen-bond acceptors (Lipinski definition) is 9. The summed E-state index contributed by atoms with van der Waals surface area (Å²) < 4.78 is 0.